The van der Waals surface area contributed by atoms with Gasteiger partial charge in [-0.15, -0.1) is 0 Å². The Morgan fingerprint density at radius 2 is 2.10 bits per heavy atom. The van der Waals surface area contributed by atoms with Crippen molar-refractivity contribution in [3.05, 3.63) is 11.6 Å². The molecule has 4 heteroatoms. The second kappa shape index (κ2) is 6.72. The third kappa shape index (κ3) is 3.61. The Bertz CT molecular complexity index is 368. The maximum atomic E-state index is 12.0. The first-order chi connectivity index (χ1) is 9.81. The summed E-state index contributed by atoms with van der Waals surface area (Å²) in [6.07, 6.45) is 8.53. The van der Waals surface area contributed by atoms with Gasteiger partial charge in [-0.3, -0.25) is 9.69 Å². The molecular weight excluding hydrogens is 250 g/mol. The van der Waals surface area contributed by atoms with Gasteiger partial charge in [0.25, 0.3) is 0 Å². The third-order valence-electron chi connectivity index (χ3n) is 4.99. The maximum absolute atomic E-state index is 12.0. The first-order valence-corrected chi connectivity index (χ1v) is 8.19. The molecule has 0 aromatic heterocycles. The van der Waals surface area contributed by atoms with Gasteiger partial charge in [-0.25, -0.2) is 0 Å². The summed E-state index contributed by atoms with van der Waals surface area (Å²) in [7, 11) is 0. The average molecular weight is 277 g/mol. The molecular formula is C16H27N3O. The first kappa shape index (κ1) is 14.1. The summed E-state index contributed by atoms with van der Waals surface area (Å²) in [5.74, 6) is 1.75. The van der Waals surface area contributed by atoms with Crippen LogP contribution in [0, 0.1) is 11.8 Å². The lowest BCUT2D eigenvalue weighted by Gasteiger charge is -2.17. The topological polar surface area (TPSA) is 44.4 Å². The van der Waals surface area contributed by atoms with Crippen molar-refractivity contribution in [1.29, 1.82) is 0 Å². The highest BCUT2D eigenvalue weighted by Gasteiger charge is 2.36. The Morgan fingerprint density at radius 3 is 2.80 bits per heavy atom. The normalized spacial score (nSPS) is 30.1. The summed E-state index contributed by atoms with van der Waals surface area (Å²) in [5.41, 5.74) is 1.54. The van der Waals surface area contributed by atoms with Gasteiger partial charge in [-0.05, 0) is 57.0 Å². The molecule has 2 heterocycles. The second-order valence-corrected chi connectivity index (χ2v) is 6.58. The van der Waals surface area contributed by atoms with E-state index in [1.54, 1.807) is 5.57 Å². The Hall–Kier alpha value is -0.870. The Labute approximate surface area is 122 Å². The molecule has 2 N–H and O–H groups in total. The summed E-state index contributed by atoms with van der Waals surface area (Å²) >= 11 is 0. The molecule has 3 rings (SSSR count). The fourth-order valence-corrected chi connectivity index (χ4v) is 3.83. The number of nitrogens with zero attached hydrogens (tertiary/aromatic N) is 1. The number of amides is 1. The van der Waals surface area contributed by atoms with E-state index in [9.17, 15) is 4.79 Å². The number of allylic oxidation sites excluding steroid dienone is 1. The smallest absolute Gasteiger partial charge is 0.234 e. The highest BCUT2D eigenvalue weighted by atomic mass is 16.2. The zero-order valence-electron chi connectivity index (χ0n) is 12.4. The van der Waals surface area contributed by atoms with Crippen LogP contribution in [0.1, 0.15) is 32.1 Å². The fraction of sp³-hybridized carbons (Fsp3) is 0.812. The molecule has 1 aliphatic carbocycles. The molecule has 20 heavy (non-hydrogen) atoms. The lowest BCUT2D eigenvalue weighted by molar-refractivity contribution is -0.122. The van der Waals surface area contributed by atoms with E-state index in [4.69, 9.17) is 0 Å². The molecule has 0 bridgehead atoms. The van der Waals surface area contributed by atoms with Crippen LogP contribution in [-0.2, 0) is 4.79 Å². The van der Waals surface area contributed by atoms with Crippen LogP contribution >= 0.6 is 0 Å². The van der Waals surface area contributed by atoms with Crippen LogP contribution in [0.5, 0.6) is 0 Å². The standard InChI is InChI=1S/C16H27N3O/c20-16(18-7-6-13-4-2-1-3-5-13)12-19-10-14-8-17-9-15(14)11-19/h4,14-15,17H,1-3,5-12H2,(H,18,20)/t14-,15+. The Balaban J connectivity index is 1.32. The van der Waals surface area contributed by atoms with Gasteiger partial charge < -0.3 is 10.6 Å². The highest BCUT2D eigenvalue weighted by Crippen LogP contribution is 2.25. The third-order valence-corrected chi connectivity index (χ3v) is 4.99. The van der Waals surface area contributed by atoms with E-state index in [1.807, 2.05) is 0 Å². The number of rotatable bonds is 5. The van der Waals surface area contributed by atoms with Crippen molar-refractivity contribution in [3.8, 4) is 0 Å². The van der Waals surface area contributed by atoms with Gasteiger partial charge in [0, 0.05) is 19.6 Å². The minimum Gasteiger partial charge on any atom is -0.355 e. The molecule has 0 aromatic carbocycles. The van der Waals surface area contributed by atoms with Crippen LogP contribution in [0.2, 0.25) is 0 Å². The molecule has 2 fully saturated rings. The van der Waals surface area contributed by atoms with E-state index in [1.165, 1.54) is 25.7 Å². The summed E-state index contributed by atoms with van der Waals surface area (Å²) < 4.78 is 0. The maximum Gasteiger partial charge on any atom is 0.234 e. The predicted molar refractivity (Wildman–Crippen MR) is 80.5 cm³/mol. The molecule has 2 aliphatic heterocycles. The van der Waals surface area contributed by atoms with Crippen LogP contribution in [0.3, 0.4) is 0 Å². The molecule has 4 nitrogen and oxygen atoms in total. The largest absolute Gasteiger partial charge is 0.355 e. The van der Waals surface area contributed by atoms with Crippen molar-refractivity contribution in [2.75, 3.05) is 39.3 Å². The van der Waals surface area contributed by atoms with Crippen molar-refractivity contribution in [3.63, 3.8) is 0 Å². The fourth-order valence-electron chi connectivity index (χ4n) is 3.83. The average Bonchev–Trinajstić information content (AvgIpc) is 3.01. The van der Waals surface area contributed by atoms with Crippen molar-refractivity contribution in [1.82, 2.24) is 15.5 Å². The van der Waals surface area contributed by atoms with E-state index < -0.39 is 0 Å². The van der Waals surface area contributed by atoms with Crippen molar-refractivity contribution in [2.45, 2.75) is 32.1 Å². The molecule has 0 radical (unpaired) electrons. The SMILES string of the molecule is O=C(CN1C[C@H]2CNC[C@H]2C1)NCCC1=CCCCC1. The first-order valence-electron chi connectivity index (χ1n) is 8.19. The van der Waals surface area contributed by atoms with Gasteiger partial charge in [-0.1, -0.05) is 11.6 Å². The van der Waals surface area contributed by atoms with Crippen LogP contribution in [0.25, 0.3) is 0 Å². The van der Waals surface area contributed by atoms with Crippen LogP contribution in [-0.4, -0.2) is 50.1 Å². The number of hydrogen-bond donors (Lipinski definition) is 2. The van der Waals surface area contributed by atoms with Gasteiger partial charge in [-0.2, -0.15) is 0 Å². The molecule has 2 atom stereocenters. The van der Waals surface area contributed by atoms with E-state index in [0.29, 0.717) is 6.54 Å². The minimum absolute atomic E-state index is 0.203. The van der Waals surface area contributed by atoms with Crippen LogP contribution < -0.4 is 10.6 Å². The number of carbonyl (C=O) groups excluding carboxylic acids is 1. The number of nitrogens with one attached hydrogen (secondary N) is 2. The summed E-state index contributed by atoms with van der Waals surface area (Å²) in [4.78, 5) is 14.3. The van der Waals surface area contributed by atoms with Gasteiger partial charge >= 0.3 is 0 Å². The minimum atomic E-state index is 0.203. The zero-order chi connectivity index (χ0) is 13.8. The zero-order valence-corrected chi connectivity index (χ0v) is 12.4. The van der Waals surface area contributed by atoms with Crippen LogP contribution in [0.4, 0.5) is 0 Å². The molecule has 2 saturated heterocycles. The molecule has 112 valence electrons. The van der Waals surface area contributed by atoms with E-state index in [-0.39, 0.29) is 5.91 Å². The van der Waals surface area contributed by atoms with Crippen molar-refractivity contribution < 1.29 is 4.79 Å². The lowest BCUT2D eigenvalue weighted by atomic mass is 9.97. The second-order valence-electron chi connectivity index (χ2n) is 6.58. The Morgan fingerprint density at radius 1 is 1.30 bits per heavy atom. The number of carbonyl (C=O) groups is 1. The molecule has 0 aromatic rings. The molecule has 0 saturated carbocycles. The highest BCUT2D eigenvalue weighted by molar-refractivity contribution is 5.78. The molecule has 3 aliphatic rings. The number of fused-ring (bicyclic) bond motifs is 1. The molecule has 1 amide bonds. The summed E-state index contributed by atoms with van der Waals surface area (Å²) in [5, 5.41) is 6.52. The van der Waals surface area contributed by atoms with Gasteiger partial charge in [0.15, 0.2) is 0 Å². The van der Waals surface area contributed by atoms with E-state index in [0.717, 1.165) is 51.0 Å². The monoisotopic (exact) mass is 277 g/mol. The lowest BCUT2D eigenvalue weighted by Crippen LogP contribution is -2.37. The molecule has 0 spiro atoms. The summed E-state index contributed by atoms with van der Waals surface area (Å²) in [6.45, 7) is 5.86. The van der Waals surface area contributed by atoms with Crippen LogP contribution in [0.15, 0.2) is 11.6 Å². The van der Waals surface area contributed by atoms with E-state index in [2.05, 4.69) is 21.6 Å². The van der Waals surface area contributed by atoms with E-state index >= 15 is 0 Å². The van der Waals surface area contributed by atoms with Crippen molar-refractivity contribution >= 4 is 5.91 Å². The molecule has 0 unspecified atom stereocenters. The number of likely N-dealkylation sites (tertiary alicyclic amines) is 1. The van der Waals surface area contributed by atoms with Crippen molar-refractivity contribution in [2.24, 2.45) is 11.8 Å². The summed E-state index contributed by atoms with van der Waals surface area (Å²) in [6, 6.07) is 0. The predicted octanol–water partition coefficient (Wildman–Crippen LogP) is 1.14. The van der Waals surface area contributed by atoms with Gasteiger partial charge in [0.05, 0.1) is 6.54 Å². The van der Waals surface area contributed by atoms with Gasteiger partial charge in [0.1, 0.15) is 0 Å². The Kier molecular flexibility index (Phi) is 4.73. The quantitative estimate of drug-likeness (QED) is 0.741. The van der Waals surface area contributed by atoms with Gasteiger partial charge in [0.2, 0.25) is 5.91 Å². The number of hydrogen-bond acceptors (Lipinski definition) is 3.